The first-order chi connectivity index (χ1) is 23.5. The molecule has 0 spiro atoms. The largest absolute Gasteiger partial charge is 0.394 e. The van der Waals surface area contributed by atoms with Crippen molar-refractivity contribution in [3.8, 4) is 6.07 Å². The summed E-state index contributed by atoms with van der Waals surface area (Å²) in [5.74, 6) is 0.590. The van der Waals surface area contributed by atoms with Crippen LogP contribution in [0.15, 0.2) is 81.9 Å². The summed E-state index contributed by atoms with van der Waals surface area (Å²) in [7, 11) is -3.64. The van der Waals surface area contributed by atoms with Crippen LogP contribution in [-0.4, -0.2) is 97.6 Å². The van der Waals surface area contributed by atoms with E-state index in [2.05, 4.69) is 31.9 Å². The molecule has 2 unspecified atom stereocenters. The number of hydrogen-bond acceptors (Lipinski definition) is 13. The van der Waals surface area contributed by atoms with Gasteiger partial charge in [0.1, 0.15) is 11.8 Å². The zero-order chi connectivity index (χ0) is 35.4. The topological polar surface area (TPSA) is 193 Å². The molecule has 0 saturated heterocycles. The second kappa shape index (κ2) is 17.8. The lowest BCUT2D eigenvalue weighted by molar-refractivity contribution is 0.0873. The van der Waals surface area contributed by atoms with Crippen LogP contribution in [0, 0.1) is 18.3 Å². The van der Waals surface area contributed by atoms with Gasteiger partial charge < -0.3 is 30.7 Å². The van der Waals surface area contributed by atoms with Crippen molar-refractivity contribution >= 4 is 49.3 Å². The number of ether oxygens (including phenoxy) is 1. The lowest BCUT2D eigenvalue weighted by Gasteiger charge is -2.24. The van der Waals surface area contributed by atoms with Gasteiger partial charge in [-0.2, -0.15) is 10.4 Å². The normalized spacial score (nSPS) is 13.1. The summed E-state index contributed by atoms with van der Waals surface area (Å²) in [6, 6.07) is 21.8. The molecule has 0 radical (unpaired) electrons. The van der Waals surface area contributed by atoms with Crippen LogP contribution < -0.4 is 10.6 Å². The Labute approximate surface area is 286 Å². The summed E-state index contributed by atoms with van der Waals surface area (Å²) in [5.41, 5.74) is 2.52. The summed E-state index contributed by atoms with van der Waals surface area (Å²) in [6.07, 6.45) is -1.31. The Morgan fingerprint density at radius 2 is 1.65 bits per heavy atom. The van der Waals surface area contributed by atoms with E-state index < -0.39 is 22.0 Å². The number of hydrogen-bond donors (Lipinski definition) is 5. The number of pyridine rings is 1. The van der Waals surface area contributed by atoms with E-state index in [-0.39, 0.29) is 43.5 Å². The van der Waals surface area contributed by atoms with Gasteiger partial charge in [-0.3, -0.25) is 4.90 Å². The summed E-state index contributed by atoms with van der Waals surface area (Å²) < 4.78 is 31.8. The van der Waals surface area contributed by atoms with Crippen molar-refractivity contribution in [2.45, 2.75) is 37.9 Å². The minimum absolute atomic E-state index is 0.0872. The van der Waals surface area contributed by atoms with Crippen LogP contribution in [0.3, 0.4) is 0 Å². The van der Waals surface area contributed by atoms with E-state index in [1.165, 1.54) is 0 Å². The first-order valence-electron chi connectivity index (χ1n) is 16.0. The van der Waals surface area contributed by atoms with Gasteiger partial charge in [-0.15, -0.1) is 5.11 Å². The van der Waals surface area contributed by atoms with Crippen molar-refractivity contribution in [2.24, 2.45) is 10.2 Å². The van der Waals surface area contributed by atoms with Gasteiger partial charge in [0.15, 0.2) is 21.5 Å². The molecule has 0 saturated carbocycles. The number of azo groups is 1. The molecule has 2 atom stereocenters. The lowest BCUT2D eigenvalue weighted by atomic mass is 10.1. The summed E-state index contributed by atoms with van der Waals surface area (Å²) >= 11 is 0. The molecule has 5 N–H and O–H groups in total. The molecule has 13 nitrogen and oxygen atoms in total. The highest BCUT2D eigenvalue weighted by Crippen LogP contribution is 2.36. The second-order valence-corrected chi connectivity index (χ2v) is 13.8. The van der Waals surface area contributed by atoms with Crippen LogP contribution in [0.2, 0.25) is 0 Å². The van der Waals surface area contributed by atoms with E-state index >= 15 is 0 Å². The number of aliphatic hydroxyl groups excluding tert-OH is 3. The predicted octanol–water partition coefficient (Wildman–Crippen LogP) is 4.83. The zero-order valence-electron chi connectivity index (χ0n) is 27.9. The van der Waals surface area contributed by atoms with Gasteiger partial charge in [0, 0.05) is 37.4 Å². The number of fused-ring (bicyclic) bond motifs is 1. The number of benzene rings is 3. The number of sulfone groups is 1. The molecule has 260 valence electrons. The third-order valence-electron chi connectivity index (χ3n) is 7.48. The fourth-order valence-corrected chi connectivity index (χ4v) is 6.50. The van der Waals surface area contributed by atoms with Crippen LogP contribution in [0.1, 0.15) is 25.0 Å². The molecule has 1 aromatic heterocycles. The van der Waals surface area contributed by atoms with Crippen LogP contribution in [0.25, 0.3) is 10.8 Å². The maximum Gasteiger partial charge on any atom is 0.179 e. The first-order valence-corrected chi connectivity index (χ1v) is 17.6. The summed E-state index contributed by atoms with van der Waals surface area (Å²) in [4.78, 5) is 6.59. The average molecular weight is 690 g/mol. The number of anilines is 3. The third-order valence-corrected chi connectivity index (χ3v) is 9.17. The quantitative estimate of drug-likeness (QED) is 0.0710. The molecule has 14 heteroatoms. The van der Waals surface area contributed by atoms with Gasteiger partial charge in [-0.1, -0.05) is 30.3 Å². The predicted molar refractivity (Wildman–Crippen MR) is 190 cm³/mol. The Balaban J connectivity index is 1.59. The van der Waals surface area contributed by atoms with Gasteiger partial charge in [-0.25, -0.2) is 13.4 Å². The molecule has 0 aliphatic carbocycles. The van der Waals surface area contributed by atoms with E-state index in [9.17, 15) is 23.9 Å². The molecule has 4 aromatic rings. The minimum atomic E-state index is -3.64. The number of aromatic nitrogens is 1. The van der Waals surface area contributed by atoms with Gasteiger partial charge >= 0.3 is 0 Å². The van der Waals surface area contributed by atoms with Crippen LogP contribution in [-0.2, 0) is 14.6 Å². The first kappa shape index (κ1) is 37.3. The Kier molecular flexibility index (Phi) is 13.5. The van der Waals surface area contributed by atoms with Crippen molar-refractivity contribution < 1.29 is 28.5 Å². The van der Waals surface area contributed by atoms with Gasteiger partial charge in [-0.05, 0) is 67.9 Å². The fourth-order valence-electron chi connectivity index (χ4n) is 5.18. The standard InChI is InChI=1S/C35H43N7O6S/c1-24(44)22-42(23-25(2)45)14-18-49(46,47)31-12-10-27-19-30(11-9-28(27)20-31)40-41-33-26(3)32(21-36)34(38-29-7-5-4-6-8-29)39-35(33)37-13-16-48-17-15-43/h4-12,19-20,24-25,43-45H,13-18,22-23H2,1-3H3,(H2,37,38,39)/b41-40+. The maximum atomic E-state index is 13.2. The van der Waals surface area contributed by atoms with Crippen LogP contribution in [0.5, 0.6) is 0 Å². The van der Waals surface area contributed by atoms with E-state index in [1.54, 1.807) is 62.1 Å². The van der Waals surface area contributed by atoms with E-state index in [4.69, 9.17) is 9.84 Å². The summed E-state index contributed by atoms with van der Waals surface area (Å²) in [5, 5.41) is 55.4. The number of nitrogens with zero attached hydrogens (tertiary/aromatic N) is 5. The number of nitriles is 1. The third kappa shape index (κ3) is 10.8. The van der Waals surface area contributed by atoms with Crippen LogP contribution >= 0.6 is 0 Å². The molecule has 3 aromatic carbocycles. The zero-order valence-corrected chi connectivity index (χ0v) is 28.7. The fraction of sp³-hybridized carbons (Fsp3) is 0.371. The highest BCUT2D eigenvalue weighted by Gasteiger charge is 2.20. The maximum absolute atomic E-state index is 13.2. The number of rotatable bonds is 18. The smallest absolute Gasteiger partial charge is 0.179 e. The molecule has 1 heterocycles. The monoisotopic (exact) mass is 689 g/mol. The van der Waals surface area contributed by atoms with Gasteiger partial charge in [0.05, 0.1) is 53.9 Å². The van der Waals surface area contributed by atoms with E-state index in [0.717, 1.165) is 11.1 Å². The minimum Gasteiger partial charge on any atom is -0.394 e. The second-order valence-electron chi connectivity index (χ2n) is 11.7. The molecule has 0 bridgehead atoms. The number of nitrogens with one attached hydrogen (secondary N) is 2. The van der Waals surface area contributed by atoms with E-state index in [0.29, 0.717) is 52.7 Å². The molecule has 4 rings (SSSR count). The van der Waals surface area contributed by atoms with Crippen molar-refractivity contribution in [3.63, 3.8) is 0 Å². The lowest BCUT2D eigenvalue weighted by Crippen LogP contribution is -2.39. The SMILES string of the molecule is Cc1c(C#N)c(Nc2ccccc2)nc(NCCOCCO)c1/N=N/c1ccc2cc(S(=O)(=O)CCN(CC(C)O)CC(C)O)ccc2c1. The van der Waals surface area contributed by atoms with Crippen LogP contribution in [0.4, 0.5) is 28.7 Å². The molecule has 0 amide bonds. The Bertz CT molecular complexity index is 1870. The molecule has 0 aliphatic heterocycles. The van der Waals surface area contributed by atoms with Crippen molar-refractivity contribution in [3.05, 3.63) is 77.9 Å². The van der Waals surface area contributed by atoms with Crippen molar-refractivity contribution in [1.82, 2.24) is 9.88 Å². The number of aliphatic hydroxyl groups is 3. The summed E-state index contributed by atoms with van der Waals surface area (Å²) in [6.45, 7) is 6.50. The Hall–Kier alpha value is -4.49. The average Bonchev–Trinajstić information content (AvgIpc) is 3.06. The van der Waals surface area contributed by atoms with Gasteiger partial charge in [0.2, 0.25) is 0 Å². The Morgan fingerprint density at radius 1 is 0.959 bits per heavy atom. The van der Waals surface area contributed by atoms with Gasteiger partial charge in [0.25, 0.3) is 0 Å². The van der Waals surface area contributed by atoms with Crippen molar-refractivity contribution in [1.29, 1.82) is 5.26 Å². The highest BCUT2D eigenvalue weighted by molar-refractivity contribution is 7.91. The Morgan fingerprint density at radius 3 is 2.33 bits per heavy atom. The molecular weight excluding hydrogens is 646 g/mol. The highest BCUT2D eigenvalue weighted by atomic mass is 32.2. The van der Waals surface area contributed by atoms with E-state index in [1.807, 2.05) is 30.3 Å². The molecular formula is C35H43N7O6S. The molecule has 0 aliphatic rings. The van der Waals surface area contributed by atoms with Crippen molar-refractivity contribution in [2.75, 3.05) is 62.4 Å². The molecule has 0 fully saturated rings. The number of para-hydroxylation sites is 1. The molecule has 49 heavy (non-hydrogen) atoms.